The summed E-state index contributed by atoms with van der Waals surface area (Å²) in [6, 6.07) is -0.0235. The van der Waals surface area contributed by atoms with Crippen LogP contribution in [-0.2, 0) is 9.47 Å². The maximum absolute atomic E-state index is 5.81. The molecule has 5 nitrogen and oxygen atoms in total. The minimum absolute atomic E-state index is 0.0235. The Morgan fingerprint density at radius 2 is 2.47 bits per heavy atom. The number of hydrogen-bond acceptors (Lipinski definition) is 5. The van der Waals surface area contributed by atoms with E-state index in [0.717, 1.165) is 51.4 Å². The van der Waals surface area contributed by atoms with Crippen molar-refractivity contribution in [2.45, 2.75) is 31.9 Å². The van der Waals surface area contributed by atoms with Gasteiger partial charge < -0.3 is 9.47 Å². The molecule has 5 heteroatoms. The molecule has 0 aromatic rings. The quantitative estimate of drug-likeness (QED) is 0.545. The lowest BCUT2D eigenvalue weighted by atomic mass is 10.0. The third-order valence-corrected chi connectivity index (χ3v) is 3.45. The Labute approximate surface area is 103 Å². The minimum atomic E-state index is -0.0235. The van der Waals surface area contributed by atoms with Crippen molar-refractivity contribution in [3.63, 3.8) is 0 Å². The third kappa shape index (κ3) is 3.19. The average molecular weight is 241 g/mol. The summed E-state index contributed by atoms with van der Waals surface area (Å²) in [6.07, 6.45) is 4.37. The van der Waals surface area contributed by atoms with E-state index in [1.165, 1.54) is 0 Å². The SMILES string of the molecule is CCN1CCOC(C(NN)C2=CCCCO2)C1. The van der Waals surface area contributed by atoms with E-state index in [1.54, 1.807) is 0 Å². The molecule has 2 heterocycles. The van der Waals surface area contributed by atoms with Gasteiger partial charge in [0.1, 0.15) is 11.8 Å². The zero-order valence-corrected chi connectivity index (χ0v) is 10.5. The molecule has 2 atom stereocenters. The molecule has 0 aliphatic carbocycles. The van der Waals surface area contributed by atoms with Crippen molar-refractivity contribution in [1.82, 2.24) is 10.3 Å². The van der Waals surface area contributed by atoms with Crippen molar-refractivity contribution in [1.29, 1.82) is 0 Å². The second kappa shape index (κ2) is 6.35. The molecule has 17 heavy (non-hydrogen) atoms. The summed E-state index contributed by atoms with van der Waals surface area (Å²) < 4.78 is 11.5. The second-order valence-corrected chi connectivity index (χ2v) is 4.54. The Hall–Kier alpha value is -0.620. The van der Waals surface area contributed by atoms with Crippen LogP contribution in [0.1, 0.15) is 19.8 Å². The van der Waals surface area contributed by atoms with Crippen LogP contribution in [0, 0.1) is 0 Å². The largest absolute Gasteiger partial charge is 0.496 e. The van der Waals surface area contributed by atoms with Crippen molar-refractivity contribution < 1.29 is 9.47 Å². The molecule has 0 aromatic heterocycles. The smallest absolute Gasteiger partial charge is 0.113 e. The first-order chi connectivity index (χ1) is 8.35. The molecule has 0 saturated carbocycles. The third-order valence-electron chi connectivity index (χ3n) is 3.45. The predicted octanol–water partition coefficient (Wildman–Crippen LogP) is 0.233. The number of ether oxygens (including phenoxy) is 2. The maximum atomic E-state index is 5.81. The Kier molecular flexibility index (Phi) is 4.79. The fourth-order valence-corrected chi connectivity index (χ4v) is 2.39. The summed E-state index contributed by atoms with van der Waals surface area (Å²) in [4.78, 5) is 2.38. The predicted molar refractivity (Wildman–Crippen MR) is 66.2 cm³/mol. The molecule has 98 valence electrons. The summed E-state index contributed by atoms with van der Waals surface area (Å²) >= 11 is 0. The van der Waals surface area contributed by atoms with Crippen molar-refractivity contribution >= 4 is 0 Å². The van der Waals surface area contributed by atoms with Crippen LogP contribution in [0.3, 0.4) is 0 Å². The van der Waals surface area contributed by atoms with Crippen LogP contribution in [0.2, 0.25) is 0 Å². The number of rotatable bonds is 4. The van der Waals surface area contributed by atoms with Crippen LogP contribution < -0.4 is 11.3 Å². The van der Waals surface area contributed by atoms with Gasteiger partial charge in [0.25, 0.3) is 0 Å². The van der Waals surface area contributed by atoms with Crippen LogP contribution in [0.5, 0.6) is 0 Å². The van der Waals surface area contributed by atoms with Gasteiger partial charge in [-0.3, -0.25) is 10.7 Å². The van der Waals surface area contributed by atoms with Gasteiger partial charge in [0.05, 0.1) is 19.3 Å². The molecule has 2 aliphatic rings. The monoisotopic (exact) mass is 241 g/mol. The van der Waals surface area contributed by atoms with E-state index < -0.39 is 0 Å². The molecule has 0 bridgehead atoms. The number of hydrogen-bond donors (Lipinski definition) is 2. The molecular weight excluding hydrogens is 218 g/mol. The molecule has 0 spiro atoms. The van der Waals surface area contributed by atoms with Crippen LogP contribution in [0.15, 0.2) is 11.8 Å². The van der Waals surface area contributed by atoms with Gasteiger partial charge in [-0.15, -0.1) is 0 Å². The van der Waals surface area contributed by atoms with Crippen LogP contribution in [0.4, 0.5) is 0 Å². The fraction of sp³-hybridized carbons (Fsp3) is 0.833. The van der Waals surface area contributed by atoms with E-state index in [9.17, 15) is 0 Å². The maximum Gasteiger partial charge on any atom is 0.113 e. The highest BCUT2D eigenvalue weighted by Gasteiger charge is 2.31. The molecule has 0 radical (unpaired) electrons. The lowest BCUT2D eigenvalue weighted by Crippen LogP contribution is -2.55. The van der Waals surface area contributed by atoms with E-state index >= 15 is 0 Å². The Balaban J connectivity index is 1.99. The average Bonchev–Trinajstić information content (AvgIpc) is 2.41. The number of nitrogens with zero attached hydrogens (tertiary/aromatic N) is 1. The highest BCUT2D eigenvalue weighted by atomic mass is 16.5. The lowest BCUT2D eigenvalue weighted by Gasteiger charge is -2.37. The summed E-state index contributed by atoms with van der Waals surface area (Å²) in [6.45, 7) is 6.69. The van der Waals surface area contributed by atoms with Crippen LogP contribution in [0.25, 0.3) is 0 Å². The normalized spacial score (nSPS) is 28.4. The zero-order chi connectivity index (χ0) is 12.1. The number of morpholine rings is 1. The summed E-state index contributed by atoms with van der Waals surface area (Å²) in [5, 5.41) is 0. The van der Waals surface area contributed by atoms with E-state index in [1.807, 2.05) is 0 Å². The molecule has 1 fully saturated rings. The molecule has 0 amide bonds. The van der Waals surface area contributed by atoms with Gasteiger partial charge in [0.2, 0.25) is 0 Å². The van der Waals surface area contributed by atoms with Gasteiger partial charge in [0, 0.05) is 13.1 Å². The standard InChI is InChI=1S/C12H23N3O2/c1-2-15-6-8-17-11(9-15)12(14-13)10-5-3-4-7-16-10/h5,11-12,14H,2-4,6-9,13H2,1H3. The summed E-state index contributed by atoms with van der Waals surface area (Å²) in [5.41, 5.74) is 2.84. The first kappa shape index (κ1) is 12.8. The van der Waals surface area contributed by atoms with Gasteiger partial charge in [-0.1, -0.05) is 6.92 Å². The molecular formula is C12H23N3O2. The Morgan fingerprint density at radius 3 is 3.12 bits per heavy atom. The summed E-state index contributed by atoms with van der Waals surface area (Å²) in [5.74, 6) is 6.60. The lowest BCUT2D eigenvalue weighted by molar-refractivity contribution is -0.0484. The van der Waals surface area contributed by atoms with E-state index in [0.29, 0.717) is 0 Å². The zero-order valence-electron chi connectivity index (χ0n) is 10.5. The van der Waals surface area contributed by atoms with E-state index in [-0.39, 0.29) is 12.1 Å². The molecule has 1 saturated heterocycles. The van der Waals surface area contributed by atoms with Gasteiger partial charge >= 0.3 is 0 Å². The number of allylic oxidation sites excluding steroid dienone is 1. The molecule has 3 N–H and O–H groups in total. The van der Waals surface area contributed by atoms with E-state index in [4.69, 9.17) is 15.3 Å². The van der Waals surface area contributed by atoms with Crippen molar-refractivity contribution in [3.05, 3.63) is 11.8 Å². The Bertz CT molecular complexity index is 270. The first-order valence-corrected chi connectivity index (χ1v) is 6.48. The van der Waals surface area contributed by atoms with Gasteiger partial charge in [0.15, 0.2) is 0 Å². The number of nitrogens with one attached hydrogen (secondary N) is 1. The summed E-state index contributed by atoms with van der Waals surface area (Å²) in [7, 11) is 0. The second-order valence-electron chi connectivity index (χ2n) is 4.54. The molecule has 2 unspecified atom stereocenters. The van der Waals surface area contributed by atoms with Crippen molar-refractivity contribution in [3.8, 4) is 0 Å². The number of hydrazine groups is 1. The highest BCUT2D eigenvalue weighted by Crippen LogP contribution is 2.19. The fourth-order valence-electron chi connectivity index (χ4n) is 2.39. The van der Waals surface area contributed by atoms with Crippen molar-refractivity contribution in [2.24, 2.45) is 5.84 Å². The van der Waals surface area contributed by atoms with Gasteiger partial charge in [-0.05, 0) is 25.5 Å². The van der Waals surface area contributed by atoms with Gasteiger partial charge in [-0.25, -0.2) is 5.43 Å². The van der Waals surface area contributed by atoms with Crippen molar-refractivity contribution in [2.75, 3.05) is 32.8 Å². The van der Waals surface area contributed by atoms with E-state index in [2.05, 4.69) is 23.3 Å². The van der Waals surface area contributed by atoms with Gasteiger partial charge in [-0.2, -0.15) is 0 Å². The number of nitrogens with two attached hydrogens (primary N) is 1. The van der Waals surface area contributed by atoms with Crippen LogP contribution >= 0.6 is 0 Å². The Morgan fingerprint density at radius 1 is 1.59 bits per heavy atom. The highest BCUT2D eigenvalue weighted by molar-refractivity contribution is 5.08. The topological polar surface area (TPSA) is 59.8 Å². The minimum Gasteiger partial charge on any atom is -0.496 e. The number of likely N-dealkylation sites (N-methyl/N-ethyl adjacent to an activating group) is 1. The molecule has 2 aliphatic heterocycles. The van der Waals surface area contributed by atoms with Crippen LogP contribution in [-0.4, -0.2) is 49.9 Å². The first-order valence-electron chi connectivity index (χ1n) is 6.48. The molecule has 2 rings (SSSR count). The molecule has 0 aromatic carbocycles.